The number of anilines is 2. The minimum Gasteiger partial charge on any atom is -0.381 e. The van der Waals surface area contributed by atoms with Crippen LogP contribution in [-0.2, 0) is 0 Å². The monoisotopic (exact) mass is 456 g/mol. The van der Waals surface area contributed by atoms with Gasteiger partial charge in [0.25, 0.3) is 0 Å². The highest BCUT2D eigenvalue weighted by molar-refractivity contribution is 6.42. The molecule has 0 radical (unpaired) electrons. The highest BCUT2D eigenvalue weighted by Gasteiger charge is 2.45. The van der Waals surface area contributed by atoms with Crippen molar-refractivity contribution in [1.29, 1.82) is 0 Å². The minimum atomic E-state index is -0.271. The van der Waals surface area contributed by atoms with Crippen LogP contribution >= 0.6 is 23.2 Å². The molecule has 0 spiro atoms. The van der Waals surface area contributed by atoms with Crippen LogP contribution in [0.4, 0.5) is 21.9 Å². The van der Waals surface area contributed by atoms with Gasteiger partial charge in [-0.25, -0.2) is 9.64 Å². The van der Waals surface area contributed by atoms with E-state index < -0.39 is 0 Å². The second-order valence-electron chi connectivity index (χ2n) is 9.13. The number of nitrogens with one attached hydrogen (secondary N) is 3. The summed E-state index contributed by atoms with van der Waals surface area (Å²) in [6.45, 7) is 12.2. The second kappa shape index (κ2) is 8.61. The van der Waals surface area contributed by atoms with Gasteiger partial charge in [-0.2, -0.15) is 0 Å². The predicted octanol–water partition coefficient (Wildman–Crippen LogP) is 7.07. The van der Waals surface area contributed by atoms with Crippen LogP contribution in [0.2, 0.25) is 10.0 Å². The summed E-state index contributed by atoms with van der Waals surface area (Å²) in [5.41, 5.74) is 3.52. The first-order valence-electron chi connectivity index (χ1n) is 10.6. The van der Waals surface area contributed by atoms with Crippen molar-refractivity contribution in [2.24, 2.45) is 11.3 Å². The van der Waals surface area contributed by atoms with Crippen molar-refractivity contribution in [3.05, 3.63) is 63.4 Å². The number of benzene rings is 2. The molecule has 0 saturated heterocycles. The molecule has 1 aliphatic carbocycles. The average Bonchev–Trinajstić information content (AvgIpc) is 3.24. The number of rotatable bonds is 4. The van der Waals surface area contributed by atoms with E-state index in [2.05, 4.69) is 34.6 Å². The number of hydrogen-bond donors (Lipinski definition) is 3. The molecule has 31 heavy (non-hydrogen) atoms. The van der Waals surface area contributed by atoms with Gasteiger partial charge in [-0.1, -0.05) is 55.6 Å². The van der Waals surface area contributed by atoms with E-state index in [-0.39, 0.29) is 17.5 Å². The van der Waals surface area contributed by atoms with Gasteiger partial charge in [-0.15, -0.1) is 0 Å². The number of hydrogen-bond acceptors (Lipinski definition) is 2. The molecule has 7 heteroatoms. The molecule has 4 rings (SSSR count). The molecule has 0 bridgehead atoms. The Hall–Kier alpha value is -2.42. The molecule has 3 atom stereocenters. The minimum absolute atomic E-state index is 0.168. The molecule has 2 amide bonds. The van der Waals surface area contributed by atoms with Crippen molar-refractivity contribution < 1.29 is 4.79 Å². The van der Waals surface area contributed by atoms with Crippen LogP contribution in [0.1, 0.15) is 44.6 Å². The number of urea groups is 1. The summed E-state index contributed by atoms with van der Waals surface area (Å²) in [7, 11) is 0. The quantitative estimate of drug-likeness (QED) is 0.430. The molecule has 1 saturated carbocycles. The van der Waals surface area contributed by atoms with E-state index in [1.165, 1.54) is 12.0 Å². The van der Waals surface area contributed by atoms with Crippen LogP contribution in [-0.4, -0.2) is 18.6 Å². The highest BCUT2D eigenvalue weighted by Crippen LogP contribution is 2.52. The number of carbonyl (C=O) groups is 1. The van der Waals surface area contributed by atoms with Gasteiger partial charge in [-0.05, 0) is 54.5 Å². The lowest BCUT2D eigenvalue weighted by atomic mass is 9.69. The van der Waals surface area contributed by atoms with E-state index in [9.17, 15) is 4.79 Å². The van der Waals surface area contributed by atoms with E-state index in [0.29, 0.717) is 39.8 Å². The van der Waals surface area contributed by atoms with Gasteiger partial charge < -0.3 is 16.0 Å². The Labute approximate surface area is 193 Å². The standard InChI is InChI=1S/C24H26Cl2N4O/c1-24(2,13-28-23(31)29-15-7-9-19(25)20(26)12-15)22-17-6-4-5-16(17)18-11-14(27-3)8-10-21(18)30-22/h7-12,16-17,22,30H,4-6,13H2,1-2H3,(H2,28,29,31). The molecule has 3 unspecified atom stereocenters. The molecule has 162 valence electrons. The zero-order chi connectivity index (χ0) is 22.2. The fraction of sp³-hybridized carbons (Fsp3) is 0.417. The lowest BCUT2D eigenvalue weighted by Crippen LogP contribution is -2.51. The van der Waals surface area contributed by atoms with E-state index in [1.54, 1.807) is 18.2 Å². The van der Waals surface area contributed by atoms with E-state index >= 15 is 0 Å². The number of halogens is 2. The number of carbonyl (C=O) groups excluding carboxylic acids is 1. The fourth-order valence-electron chi connectivity index (χ4n) is 5.05. The predicted molar refractivity (Wildman–Crippen MR) is 127 cm³/mol. The number of amides is 2. The molecule has 2 aromatic carbocycles. The summed E-state index contributed by atoms with van der Waals surface area (Å²) < 4.78 is 0. The topological polar surface area (TPSA) is 57.5 Å². The Morgan fingerprint density at radius 2 is 2.00 bits per heavy atom. The molecular weight excluding hydrogens is 431 g/mol. The average molecular weight is 457 g/mol. The maximum atomic E-state index is 12.5. The zero-order valence-electron chi connectivity index (χ0n) is 17.6. The Bertz CT molecular complexity index is 1050. The summed E-state index contributed by atoms with van der Waals surface area (Å²) in [5, 5.41) is 10.4. The van der Waals surface area contributed by atoms with Gasteiger partial charge in [0.2, 0.25) is 0 Å². The maximum Gasteiger partial charge on any atom is 0.319 e. The molecule has 0 aromatic heterocycles. The summed E-state index contributed by atoms with van der Waals surface area (Å²) in [6.07, 6.45) is 3.50. The summed E-state index contributed by atoms with van der Waals surface area (Å²) in [6, 6.07) is 10.9. The lowest BCUT2D eigenvalue weighted by molar-refractivity contribution is 0.203. The van der Waals surface area contributed by atoms with Gasteiger partial charge in [-0.3, -0.25) is 0 Å². The Morgan fingerprint density at radius 1 is 1.19 bits per heavy atom. The molecule has 3 N–H and O–H groups in total. The molecule has 2 aliphatic rings. The largest absolute Gasteiger partial charge is 0.381 e. The second-order valence-corrected chi connectivity index (χ2v) is 9.95. The van der Waals surface area contributed by atoms with Crippen molar-refractivity contribution in [2.45, 2.75) is 45.1 Å². The Morgan fingerprint density at radius 3 is 2.74 bits per heavy atom. The molecule has 1 aliphatic heterocycles. The van der Waals surface area contributed by atoms with Crippen LogP contribution < -0.4 is 16.0 Å². The zero-order valence-corrected chi connectivity index (χ0v) is 19.1. The van der Waals surface area contributed by atoms with Gasteiger partial charge in [0.05, 0.1) is 16.6 Å². The van der Waals surface area contributed by atoms with Crippen molar-refractivity contribution in [3.63, 3.8) is 0 Å². The van der Waals surface area contributed by atoms with Gasteiger partial charge in [0.1, 0.15) is 0 Å². The van der Waals surface area contributed by atoms with E-state index in [0.717, 1.165) is 18.5 Å². The first-order valence-corrected chi connectivity index (χ1v) is 11.3. The smallest absolute Gasteiger partial charge is 0.319 e. The Kier molecular flexibility index (Phi) is 6.05. The van der Waals surface area contributed by atoms with Gasteiger partial charge in [0, 0.05) is 29.4 Å². The van der Waals surface area contributed by atoms with Crippen molar-refractivity contribution >= 4 is 46.3 Å². The normalized spacial score (nSPS) is 22.0. The molecule has 2 aromatic rings. The number of fused-ring (bicyclic) bond motifs is 3. The summed E-state index contributed by atoms with van der Waals surface area (Å²) in [5.74, 6) is 0.954. The summed E-state index contributed by atoms with van der Waals surface area (Å²) >= 11 is 12.0. The molecule has 5 nitrogen and oxygen atoms in total. The third-order valence-corrected chi connectivity index (χ3v) is 7.34. The van der Waals surface area contributed by atoms with Crippen LogP contribution in [0, 0.1) is 17.9 Å². The first-order chi connectivity index (χ1) is 14.8. The number of nitrogens with zero attached hydrogens (tertiary/aromatic N) is 1. The SMILES string of the molecule is [C-]#[N+]c1ccc2c(c1)C1CCCC1C(C(C)(C)CNC(=O)Nc1ccc(Cl)c(Cl)c1)N2. The van der Waals surface area contributed by atoms with Gasteiger partial charge >= 0.3 is 6.03 Å². The molecule has 1 fully saturated rings. The maximum absolute atomic E-state index is 12.5. The van der Waals surface area contributed by atoms with Crippen molar-refractivity contribution in [3.8, 4) is 0 Å². The van der Waals surface area contributed by atoms with E-state index in [4.69, 9.17) is 29.8 Å². The summed E-state index contributed by atoms with van der Waals surface area (Å²) in [4.78, 5) is 16.1. The van der Waals surface area contributed by atoms with Gasteiger partial charge in [0.15, 0.2) is 5.69 Å². The fourth-order valence-corrected chi connectivity index (χ4v) is 5.35. The third kappa shape index (κ3) is 4.46. The third-order valence-electron chi connectivity index (χ3n) is 6.60. The lowest BCUT2D eigenvalue weighted by Gasteiger charge is -2.46. The van der Waals surface area contributed by atoms with Crippen LogP contribution in [0.15, 0.2) is 36.4 Å². The Balaban J connectivity index is 1.46. The van der Waals surface area contributed by atoms with Crippen LogP contribution in [0.3, 0.4) is 0 Å². The van der Waals surface area contributed by atoms with Crippen LogP contribution in [0.5, 0.6) is 0 Å². The van der Waals surface area contributed by atoms with Crippen molar-refractivity contribution in [2.75, 3.05) is 17.2 Å². The highest BCUT2D eigenvalue weighted by atomic mass is 35.5. The first kappa shape index (κ1) is 21.8. The van der Waals surface area contributed by atoms with E-state index in [1.807, 2.05) is 18.2 Å². The molecular formula is C24H26Cl2N4O. The van der Waals surface area contributed by atoms with Crippen molar-refractivity contribution in [1.82, 2.24) is 5.32 Å². The molecule has 1 heterocycles. The van der Waals surface area contributed by atoms with Crippen LogP contribution in [0.25, 0.3) is 4.85 Å².